The number of ether oxygens (including phenoxy) is 1. The predicted octanol–water partition coefficient (Wildman–Crippen LogP) is 1.81. The van der Waals surface area contributed by atoms with Gasteiger partial charge in [-0.05, 0) is 13.0 Å². The Labute approximate surface area is 114 Å². The molecule has 0 bridgehead atoms. The van der Waals surface area contributed by atoms with E-state index in [0.717, 1.165) is 0 Å². The van der Waals surface area contributed by atoms with Crippen LogP contribution in [-0.2, 0) is 16.0 Å². The van der Waals surface area contributed by atoms with Gasteiger partial charge < -0.3 is 15.2 Å². The molecule has 1 aromatic carbocycles. The quantitative estimate of drug-likeness (QED) is 0.802. The largest absolute Gasteiger partial charge is 0.481 e. The molecule has 0 radical (unpaired) electrons. The molecule has 1 atom stereocenters. The molecular formula is C13H15F2NO4. The number of amides is 1. The van der Waals surface area contributed by atoms with Gasteiger partial charge in [0.1, 0.15) is 5.75 Å². The van der Waals surface area contributed by atoms with Crippen LogP contribution in [0, 0.1) is 0 Å². The lowest BCUT2D eigenvalue weighted by Crippen LogP contribution is -2.35. The van der Waals surface area contributed by atoms with E-state index in [0.29, 0.717) is 5.56 Å². The highest BCUT2D eigenvalue weighted by molar-refractivity contribution is 5.80. The molecule has 0 aliphatic carbocycles. The van der Waals surface area contributed by atoms with Crippen molar-refractivity contribution in [3.05, 3.63) is 29.8 Å². The van der Waals surface area contributed by atoms with Crippen LogP contribution in [0.15, 0.2) is 24.3 Å². The molecule has 2 N–H and O–H groups in total. The van der Waals surface area contributed by atoms with Crippen molar-refractivity contribution in [1.29, 1.82) is 0 Å². The van der Waals surface area contributed by atoms with Crippen LogP contribution < -0.4 is 10.1 Å². The van der Waals surface area contributed by atoms with Crippen molar-refractivity contribution in [3.63, 3.8) is 0 Å². The molecule has 5 nitrogen and oxygen atoms in total. The van der Waals surface area contributed by atoms with Crippen LogP contribution in [0.3, 0.4) is 0 Å². The molecule has 110 valence electrons. The molecule has 0 heterocycles. The Morgan fingerprint density at radius 3 is 2.60 bits per heavy atom. The van der Waals surface area contributed by atoms with Gasteiger partial charge >= 0.3 is 12.6 Å². The van der Waals surface area contributed by atoms with E-state index in [1.165, 1.54) is 18.2 Å². The number of carboxylic acids is 1. The molecule has 20 heavy (non-hydrogen) atoms. The zero-order chi connectivity index (χ0) is 15.1. The zero-order valence-corrected chi connectivity index (χ0v) is 10.8. The zero-order valence-electron chi connectivity index (χ0n) is 10.8. The first kappa shape index (κ1) is 15.9. The van der Waals surface area contributed by atoms with Gasteiger partial charge in [0.2, 0.25) is 5.91 Å². The Balaban J connectivity index is 2.63. The maximum atomic E-state index is 12.2. The van der Waals surface area contributed by atoms with E-state index in [1.807, 2.05) is 0 Å². The van der Waals surface area contributed by atoms with Crippen molar-refractivity contribution in [1.82, 2.24) is 5.32 Å². The molecule has 0 spiro atoms. The first-order valence-corrected chi connectivity index (χ1v) is 5.92. The van der Waals surface area contributed by atoms with Crippen LogP contribution in [-0.4, -0.2) is 29.6 Å². The minimum absolute atomic E-state index is 0.0662. The summed E-state index contributed by atoms with van der Waals surface area (Å²) in [6.07, 6.45) is -0.367. The summed E-state index contributed by atoms with van der Waals surface area (Å²) in [6.45, 7) is -1.42. The Hall–Kier alpha value is -2.18. The first-order valence-electron chi connectivity index (χ1n) is 5.92. The van der Waals surface area contributed by atoms with Gasteiger partial charge in [-0.25, -0.2) is 0 Å². The number of benzene rings is 1. The summed E-state index contributed by atoms with van der Waals surface area (Å²) in [7, 11) is 0. The van der Waals surface area contributed by atoms with Gasteiger partial charge in [0, 0.05) is 11.6 Å². The summed E-state index contributed by atoms with van der Waals surface area (Å²) in [5.74, 6) is -1.55. The number of carboxylic acid groups (broad SMARTS) is 1. The van der Waals surface area contributed by atoms with Crippen molar-refractivity contribution in [3.8, 4) is 5.75 Å². The maximum Gasteiger partial charge on any atom is 0.387 e. The average Bonchev–Trinajstić information content (AvgIpc) is 2.29. The molecule has 0 fully saturated rings. The number of nitrogens with one attached hydrogen (secondary N) is 1. The smallest absolute Gasteiger partial charge is 0.387 e. The van der Waals surface area contributed by atoms with E-state index in [9.17, 15) is 18.4 Å². The van der Waals surface area contributed by atoms with Gasteiger partial charge in [0.15, 0.2) is 0 Å². The highest BCUT2D eigenvalue weighted by Gasteiger charge is 2.15. The summed E-state index contributed by atoms with van der Waals surface area (Å²) < 4.78 is 28.7. The van der Waals surface area contributed by atoms with Crippen molar-refractivity contribution in [2.45, 2.75) is 32.4 Å². The predicted molar refractivity (Wildman–Crippen MR) is 66.6 cm³/mol. The second kappa shape index (κ2) is 7.42. The van der Waals surface area contributed by atoms with Crippen LogP contribution in [0.2, 0.25) is 0 Å². The molecule has 1 amide bonds. The Morgan fingerprint density at radius 1 is 1.35 bits per heavy atom. The molecule has 0 aromatic heterocycles. The van der Waals surface area contributed by atoms with Crippen molar-refractivity contribution in [2.75, 3.05) is 0 Å². The second-order valence-corrected chi connectivity index (χ2v) is 4.23. The Morgan fingerprint density at radius 2 is 2.00 bits per heavy atom. The molecule has 1 aromatic rings. The Bertz CT molecular complexity index is 479. The molecule has 1 unspecified atom stereocenters. The number of hydrogen-bond acceptors (Lipinski definition) is 3. The molecule has 0 saturated heterocycles. The fourth-order valence-corrected chi connectivity index (χ4v) is 1.67. The van der Waals surface area contributed by atoms with Crippen LogP contribution in [0.5, 0.6) is 5.75 Å². The van der Waals surface area contributed by atoms with Crippen molar-refractivity contribution in [2.24, 2.45) is 0 Å². The monoisotopic (exact) mass is 287 g/mol. The molecule has 7 heteroatoms. The molecular weight excluding hydrogens is 272 g/mol. The summed E-state index contributed by atoms with van der Waals surface area (Å²) >= 11 is 0. The van der Waals surface area contributed by atoms with E-state index in [4.69, 9.17) is 5.11 Å². The number of carbonyl (C=O) groups is 2. The lowest BCUT2D eigenvalue weighted by molar-refractivity contribution is -0.137. The topological polar surface area (TPSA) is 75.6 Å². The number of alkyl halides is 2. The summed E-state index contributed by atoms with van der Waals surface area (Å²) in [5.41, 5.74) is 0.313. The number of para-hydroxylation sites is 1. The fraction of sp³-hybridized carbons (Fsp3) is 0.385. The van der Waals surface area contributed by atoms with Crippen molar-refractivity contribution >= 4 is 11.9 Å². The minimum Gasteiger partial charge on any atom is -0.481 e. The number of hydrogen-bond donors (Lipinski definition) is 2. The van der Waals surface area contributed by atoms with Gasteiger partial charge in [0.05, 0.1) is 12.8 Å². The normalized spacial score (nSPS) is 12.0. The van der Waals surface area contributed by atoms with E-state index >= 15 is 0 Å². The minimum atomic E-state index is -2.97. The van der Waals surface area contributed by atoms with E-state index in [2.05, 4.69) is 10.1 Å². The summed E-state index contributed by atoms with van der Waals surface area (Å²) in [5, 5.41) is 11.1. The first-order chi connectivity index (χ1) is 9.38. The van der Waals surface area contributed by atoms with E-state index in [-0.39, 0.29) is 18.6 Å². The van der Waals surface area contributed by atoms with Gasteiger partial charge in [0.25, 0.3) is 0 Å². The van der Waals surface area contributed by atoms with Gasteiger partial charge in [-0.2, -0.15) is 8.78 Å². The molecule has 0 aliphatic heterocycles. The highest BCUT2D eigenvalue weighted by atomic mass is 19.3. The molecule has 0 aliphatic rings. The summed E-state index contributed by atoms with van der Waals surface area (Å²) in [4.78, 5) is 22.2. The van der Waals surface area contributed by atoms with Crippen LogP contribution >= 0.6 is 0 Å². The fourth-order valence-electron chi connectivity index (χ4n) is 1.67. The SMILES string of the molecule is CC(CC(=O)O)NC(=O)Cc1ccccc1OC(F)F. The van der Waals surface area contributed by atoms with E-state index in [1.54, 1.807) is 13.0 Å². The number of rotatable bonds is 7. The summed E-state index contributed by atoms with van der Waals surface area (Å²) in [6, 6.07) is 5.42. The van der Waals surface area contributed by atoms with Gasteiger partial charge in [-0.3, -0.25) is 9.59 Å². The van der Waals surface area contributed by atoms with Crippen molar-refractivity contribution < 1.29 is 28.2 Å². The number of carbonyl (C=O) groups excluding carboxylic acids is 1. The average molecular weight is 287 g/mol. The highest BCUT2D eigenvalue weighted by Crippen LogP contribution is 2.20. The molecule has 0 saturated carbocycles. The van der Waals surface area contributed by atoms with E-state index < -0.39 is 24.5 Å². The van der Waals surface area contributed by atoms with Gasteiger partial charge in [-0.15, -0.1) is 0 Å². The maximum absolute atomic E-state index is 12.2. The van der Waals surface area contributed by atoms with Gasteiger partial charge in [-0.1, -0.05) is 18.2 Å². The molecule has 1 rings (SSSR count). The second-order valence-electron chi connectivity index (χ2n) is 4.23. The lowest BCUT2D eigenvalue weighted by atomic mass is 10.1. The third-order valence-electron chi connectivity index (χ3n) is 2.43. The van der Waals surface area contributed by atoms with Crippen LogP contribution in [0.1, 0.15) is 18.9 Å². The lowest BCUT2D eigenvalue weighted by Gasteiger charge is -2.13. The Kier molecular flexibility index (Phi) is 5.89. The number of aliphatic carboxylic acids is 1. The third-order valence-corrected chi connectivity index (χ3v) is 2.43. The van der Waals surface area contributed by atoms with Crippen LogP contribution in [0.4, 0.5) is 8.78 Å². The third kappa shape index (κ3) is 5.64. The number of halogens is 2. The van der Waals surface area contributed by atoms with Crippen LogP contribution in [0.25, 0.3) is 0 Å². The standard InChI is InChI=1S/C13H15F2NO4/c1-8(6-12(18)19)16-11(17)7-9-4-2-3-5-10(9)20-13(14)15/h2-5,8,13H,6-7H2,1H3,(H,16,17)(H,18,19).